The number of ether oxygens (including phenoxy) is 2. The van der Waals surface area contributed by atoms with Crippen LogP contribution in [0.15, 0.2) is 35.2 Å². The molecule has 6 nitrogen and oxygen atoms in total. The van der Waals surface area contributed by atoms with E-state index in [1.54, 1.807) is 6.92 Å². The first kappa shape index (κ1) is 18.2. The molecule has 0 radical (unpaired) electrons. The molecule has 1 aromatic rings. The zero-order valence-corrected chi connectivity index (χ0v) is 13.5. The highest BCUT2D eigenvalue weighted by molar-refractivity contribution is 7.91. The minimum Gasteiger partial charge on any atom is -0.508 e. The Bertz CT molecular complexity index is 648. The number of hydrogen-bond acceptors (Lipinski definition) is 6. The summed E-state index contributed by atoms with van der Waals surface area (Å²) in [4.78, 5) is 11.2. The van der Waals surface area contributed by atoms with Crippen molar-refractivity contribution in [1.82, 2.24) is 0 Å². The molecule has 0 spiro atoms. The quantitative estimate of drug-likeness (QED) is 0.443. The maximum absolute atomic E-state index is 12.1. The third kappa shape index (κ3) is 5.50. The van der Waals surface area contributed by atoms with E-state index in [0.29, 0.717) is 11.1 Å². The summed E-state index contributed by atoms with van der Waals surface area (Å²) in [5.41, 5.74) is 0.791. The van der Waals surface area contributed by atoms with E-state index in [-0.39, 0.29) is 36.2 Å². The third-order valence-electron chi connectivity index (χ3n) is 2.83. The molecule has 0 unspecified atom stereocenters. The Balaban J connectivity index is 2.39. The van der Waals surface area contributed by atoms with E-state index >= 15 is 0 Å². The van der Waals surface area contributed by atoms with Crippen LogP contribution in [0.2, 0.25) is 0 Å². The molecular weight excluding hydrogens is 308 g/mol. The summed E-state index contributed by atoms with van der Waals surface area (Å²) in [6.45, 7) is 6.75. The smallest absolute Gasteiger partial charge is 0.333 e. The average molecular weight is 328 g/mol. The van der Waals surface area contributed by atoms with Crippen LogP contribution in [0.5, 0.6) is 5.75 Å². The third-order valence-corrected chi connectivity index (χ3v) is 4.51. The zero-order valence-electron chi connectivity index (χ0n) is 12.7. The Morgan fingerprint density at radius 3 is 2.55 bits per heavy atom. The molecular formula is C15H20O6S. The molecule has 1 aromatic carbocycles. The first-order valence-electron chi connectivity index (χ1n) is 6.67. The number of esters is 1. The molecule has 122 valence electrons. The Kier molecular flexibility index (Phi) is 6.58. The highest BCUT2D eigenvalue weighted by Gasteiger charge is 2.15. The summed E-state index contributed by atoms with van der Waals surface area (Å²) >= 11 is 0. The number of carbonyl (C=O) groups is 1. The van der Waals surface area contributed by atoms with Crippen molar-refractivity contribution in [3.8, 4) is 5.75 Å². The van der Waals surface area contributed by atoms with Crippen molar-refractivity contribution >= 4 is 15.8 Å². The van der Waals surface area contributed by atoms with Crippen LogP contribution in [0, 0.1) is 6.92 Å². The van der Waals surface area contributed by atoms with Crippen LogP contribution in [-0.4, -0.2) is 45.1 Å². The van der Waals surface area contributed by atoms with E-state index in [1.807, 2.05) is 0 Å². The summed E-state index contributed by atoms with van der Waals surface area (Å²) in [6, 6.07) is 4.12. The fourth-order valence-electron chi connectivity index (χ4n) is 1.53. The monoisotopic (exact) mass is 328 g/mol. The lowest BCUT2D eigenvalue weighted by atomic mass is 10.2. The molecule has 0 bridgehead atoms. The lowest BCUT2D eigenvalue weighted by molar-refractivity contribution is -0.140. The van der Waals surface area contributed by atoms with Crippen molar-refractivity contribution < 1.29 is 27.8 Å². The van der Waals surface area contributed by atoms with Crippen molar-refractivity contribution in [1.29, 1.82) is 0 Å². The van der Waals surface area contributed by atoms with Gasteiger partial charge in [0.1, 0.15) is 12.4 Å². The van der Waals surface area contributed by atoms with Gasteiger partial charge in [-0.3, -0.25) is 0 Å². The lowest BCUT2D eigenvalue weighted by Crippen LogP contribution is -2.16. The lowest BCUT2D eigenvalue weighted by Gasteiger charge is -2.08. The maximum atomic E-state index is 12.1. The molecule has 1 rings (SSSR count). The average Bonchev–Trinajstić information content (AvgIpc) is 2.45. The van der Waals surface area contributed by atoms with E-state index in [0.717, 1.165) is 0 Å². The number of hydrogen-bond donors (Lipinski definition) is 1. The number of benzene rings is 1. The van der Waals surface area contributed by atoms with Gasteiger partial charge in [0.05, 0.1) is 23.9 Å². The summed E-state index contributed by atoms with van der Waals surface area (Å²) < 4.78 is 34.1. The van der Waals surface area contributed by atoms with Crippen LogP contribution in [0.1, 0.15) is 12.5 Å². The molecule has 0 fully saturated rings. The van der Waals surface area contributed by atoms with Crippen molar-refractivity contribution in [2.75, 3.05) is 25.6 Å². The van der Waals surface area contributed by atoms with Crippen LogP contribution in [0.25, 0.3) is 0 Å². The number of aromatic hydroxyl groups is 1. The molecule has 22 heavy (non-hydrogen) atoms. The predicted octanol–water partition coefficient (Wildman–Crippen LogP) is 1.61. The minimum absolute atomic E-state index is 0.00706. The van der Waals surface area contributed by atoms with E-state index in [4.69, 9.17) is 9.47 Å². The summed E-state index contributed by atoms with van der Waals surface area (Å²) in [7, 11) is -3.47. The van der Waals surface area contributed by atoms with Crippen molar-refractivity contribution in [3.05, 3.63) is 35.9 Å². The Morgan fingerprint density at radius 2 is 1.95 bits per heavy atom. The van der Waals surface area contributed by atoms with E-state index in [1.165, 1.54) is 25.1 Å². The van der Waals surface area contributed by atoms with Gasteiger partial charge < -0.3 is 14.6 Å². The van der Waals surface area contributed by atoms with Gasteiger partial charge in [-0.25, -0.2) is 13.2 Å². The first-order valence-corrected chi connectivity index (χ1v) is 8.32. The van der Waals surface area contributed by atoms with Crippen molar-refractivity contribution in [2.45, 2.75) is 18.7 Å². The van der Waals surface area contributed by atoms with Crippen molar-refractivity contribution in [3.63, 3.8) is 0 Å². The zero-order chi connectivity index (χ0) is 16.8. The van der Waals surface area contributed by atoms with Gasteiger partial charge in [-0.05, 0) is 37.6 Å². The second kappa shape index (κ2) is 7.95. The Labute approximate surface area is 130 Å². The Morgan fingerprint density at radius 1 is 1.27 bits per heavy atom. The number of rotatable bonds is 8. The second-order valence-electron chi connectivity index (χ2n) is 4.80. The van der Waals surface area contributed by atoms with Gasteiger partial charge in [-0.2, -0.15) is 0 Å². The van der Waals surface area contributed by atoms with Crippen LogP contribution >= 0.6 is 0 Å². The molecule has 0 heterocycles. The van der Waals surface area contributed by atoms with E-state index < -0.39 is 15.8 Å². The number of phenolic OH excluding ortho intramolecular Hbond substituents is 1. The Hall–Kier alpha value is -1.86. The maximum Gasteiger partial charge on any atom is 0.333 e. The standard InChI is InChI=1S/C15H20O6S/c1-11(2)15(17)21-7-6-20-8-9-22(18,19)13-4-5-14(16)12(3)10-13/h4-5,10,16H,1,6-9H2,2-3H3. The minimum atomic E-state index is -3.47. The van der Waals surface area contributed by atoms with Gasteiger partial charge in [-0.15, -0.1) is 0 Å². The van der Waals surface area contributed by atoms with Crippen molar-refractivity contribution in [2.24, 2.45) is 0 Å². The molecule has 0 aromatic heterocycles. The van der Waals surface area contributed by atoms with Crippen LogP contribution in [0.4, 0.5) is 0 Å². The second-order valence-corrected chi connectivity index (χ2v) is 6.90. The highest BCUT2D eigenvalue weighted by Crippen LogP contribution is 2.20. The number of aryl methyl sites for hydroxylation is 1. The van der Waals surface area contributed by atoms with Gasteiger partial charge in [-0.1, -0.05) is 6.58 Å². The molecule has 7 heteroatoms. The predicted molar refractivity (Wildman–Crippen MR) is 81.5 cm³/mol. The van der Waals surface area contributed by atoms with Gasteiger partial charge in [0.25, 0.3) is 0 Å². The van der Waals surface area contributed by atoms with E-state index in [9.17, 15) is 18.3 Å². The molecule has 0 amide bonds. The molecule has 0 aliphatic carbocycles. The largest absolute Gasteiger partial charge is 0.508 e. The normalized spacial score (nSPS) is 11.2. The number of carbonyl (C=O) groups excluding carboxylic acids is 1. The first-order chi connectivity index (χ1) is 10.2. The summed E-state index contributed by atoms with van der Waals surface area (Å²) in [5, 5.41) is 9.40. The fraction of sp³-hybridized carbons (Fsp3) is 0.400. The molecule has 1 N–H and O–H groups in total. The van der Waals surface area contributed by atoms with Crippen LogP contribution in [-0.2, 0) is 24.1 Å². The number of phenols is 1. The SMILES string of the molecule is C=C(C)C(=O)OCCOCCS(=O)(=O)c1ccc(O)c(C)c1. The molecule has 0 aliphatic rings. The summed E-state index contributed by atoms with van der Waals surface area (Å²) in [5.74, 6) is -0.642. The fourth-order valence-corrected chi connectivity index (χ4v) is 2.73. The summed E-state index contributed by atoms with van der Waals surface area (Å²) in [6.07, 6.45) is 0. The van der Waals surface area contributed by atoms with Crippen LogP contribution < -0.4 is 0 Å². The van der Waals surface area contributed by atoms with Gasteiger partial charge in [0.2, 0.25) is 0 Å². The van der Waals surface area contributed by atoms with Gasteiger partial charge in [0, 0.05) is 5.57 Å². The van der Waals surface area contributed by atoms with E-state index in [2.05, 4.69) is 6.58 Å². The molecule has 0 saturated heterocycles. The van der Waals surface area contributed by atoms with Gasteiger partial charge in [0.15, 0.2) is 9.84 Å². The number of sulfone groups is 1. The molecule has 0 aliphatic heterocycles. The van der Waals surface area contributed by atoms with Crippen LogP contribution in [0.3, 0.4) is 0 Å². The topological polar surface area (TPSA) is 89.9 Å². The molecule has 0 atom stereocenters. The van der Waals surface area contributed by atoms with Gasteiger partial charge >= 0.3 is 5.97 Å². The highest BCUT2D eigenvalue weighted by atomic mass is 32.2. The molecule has 0 saturated carbocycles.